The number of ketones is 1. The number of ether oxygens (including phenoxy) is 1. The first kappa shape index (κ1) is 17.6. The van der Waals surface area contributed by atoms with Gasteiger partial charge >= 0.3 is 0 Å². The van der Waals surface area contributed by atoms with Crippen molar-refractivity contribution in [1.29, 1.82) is 0 Å². The summed E-state index contributed by atoms with van der Waals surface area (Å²) in [6, 6.07) is 3.16. The van der Waals surface area contributed by atoms with Crippen molar-refractivity contribution in [2.75, 3.05) is 12.5 Å². The average Bonchev–Trinajstić information content (AvgIpc) is 2.42. The van der Waals surface area contributed by atoms with Crippen LogP contribution in [-0.4, -0.2) is 18.3 Å². The monoisotopic (exact) mass is 336 g/mol. The molecule has 0 aliphatic rings. The third-order valence-electron chi connectivity index (χ3n) is 2.90. The van der Waals surface area contributed by atoms with Gasteiger partial charge < -0.3 is 4.74 Å². The summed E-state index contributed by atoms with van der Waals surface area (Å²) in [6.07, 6.45) is 4.74. The Labute approximate surface area is 135 Å². The lowest BCUT2D eigenvalue weighted by Gasteiger charge is -2.10. The minimum Gasteiger partial charge on any atom is -0.492 e. The number of hydrogen-bond acceptors (Lipinski definition) is 2. The molecule has 0 heterocycles. The van der Waals surface area contributed by atoms with Crippen molar-refractivity contribution >= 4 is 40.6 Å². The molecule has 0 fully saturated rings. The van der Waals surface area contributed by atoms with Crippen LogP contribution < -0.4 is 4.74 Å². The lowest BCUT2D eigenvalue weighted by molar-refractivity contribution is 0.0989. The highest BCUT2D eigenvalue weighted by Crippen LogP contribution is 2.32. The van der Waals surface area contributed by atoms with Crippen molar-refractivity contribution in [3.05, 3.63) is 27.7 Å². The van der Waals surface area contributed by atoms with E-state index >= 15 is 0 Å². The summed E-state index contributed by atoms with van der Waals surface area (Å²) in [6.45, 7) is 2.76. The van der Waals surface area contributed by atoms with E-state index in [1.165, 1.54) is 12.8 Å². The van der Waals surface area contributed by atoms with Crippen LogP contribution in [0.1, 0.15) is 49.4 Å². The molecule has 1 aromatic carbocycles. The van der Waals surface area contributed by atoms with E-state index < -0.39 is 0 Å². The Morgan fingerprint density at radius 3 is 2.55 bits per heavy atom. The molecule has 0 N–H and O–H groups in total. The Kier molecular flexibility index (Phi) is 8.35. The predicted octanol–water partition coefficient (Wildman–Crippen LogP) is 5.76. The quantitative estimate of drug-likeness (QED) is 0.325. The Morgan fingerprint density at radius 1 is 1.15 bits per heavy atom. The van der Waals surface area contributed by atoms with Crippen LogP contribution in [0.4, 0.5) is 0 Å². The first-order valence-electron chi connectivity index (χ1n) is 6.81. The molecular weight excluding hydrogens is 319 g/mol. The minimum absolute atomic E-state index is 0.110. The van der Waals surface area contributed by atoms with E-state index in [4.69, 9.17) is 39.5 Å². The molecule has 0 unspecified atom stereocenters. The van der Waals surface area contributed by atoms with E-state index in [9.17, 15) is 4.79 Å². The molecule has 0 saturated carbocycles. The lowest BCUT2D eigenvalue weighted by atomic mass is 10.1. The number of rotatable bonds is 9. The highest BCUT2D eigenvalue weighted by Gasteiger charge is 2.14. The topological polar surface area (TPSA) is 26.3 Å². The van der Waals surface area contributed by atoms with E-state index in [2.05, 4.69) is 6.92 Å². The van der Waals surface area contributed by atoms with Crippen molar-refractivity contribution in [2.45, 2.75) is 39.0 Å². The number of Topliss-reactive ketones (excluding diaryl/α,β-unsaturated/α-hetero) is 1. The first-order valence-corrected chi connectivity index (χ1v) is 8.10. The number of halogens is 3. The van der Waals surface area contributed by atoms with Crippen molar-refractivity contribution in [3.63, 3.8) is 0 Å². The number of hydrogen-bond donors (Lipinski definition) is 0. The maximum Gasteiger partial charge on any atom is 0.165 e. The number of alkyl halides is 1. The van der Waals surface area contributed by atoms with Crippen LogP contribution in [0.3, 0.4) is 0 Å². The molecule has 0 aliphatic heterocycles. The molecule has 0 spiro atoms. The van der Waals surface area contributed by atoms with Gasteiger partial charge in [0.1, 0.15) is 5.75 Å². The van der Waals surface area contributed by atoms with Crippen LogP contribution in [0.5, 0.6) is 5.75 Å². The number of carbonyl (C=O) groups excluding carboxylic acids is 1. The molecule has 5 heteroatoms. The highest BCUT2D eigenvalue weighted by atomic mass is 35.5. The molecule has 0 amide bonds. The fraction of sp³-hybridized carbons (Fsp3) is 0.533. The predicted molar refractivity (Wildman–Crippen MR) is 85.8 cm³/mol. The van der Waals surface area contributed by atoms with Crippen molar-refractivity contribution in [1.82, 2.24) is 0 Å². The fourth-order valence-corrected chi connectivity index (χ4v) is 2.43. The van der Waals surface area contributed by atoms with Crippen LogP contribution in [0.15, 0.2) is 12.1 Å². The lowest BCUT2D eigenvalue weighted by Crippen LogP contribution is -2.03. The Hall–Kier alpha value is -0.440. The standard InChI is InChI=1S/C15H19Cl3O2/c1-2-3-4-5-8-20-15-10-12(17)11(9-13(15)18)14(19)6-7-16/h9-10H,2-8H2,1H3. The summed E-state index contributed by atoms with van der Waals surface area (Å²) in [7, 11) is 0. The Morgan fingerprint density at radius 2 is 1.90 bits per heavy atom. The second kappa shape index (κ2) is 9.49. The van der Waals surface area contributed by atoms with Gasteiger partial charge in [0, 0.05) is 23.9 Å². The molecule has 112 valence electrons. The minimum atomic E-state index is -0.110. The Balaban J connectivity index is 2.66. The molecule has 0 radical (unpaired) electrons. The fourth-order valence-electron chi connectivity index (χ4n) is 1.78. The van der Waals surface area contributed by atoms with Gasteiger partial charge in [-0.2, -0.15) is 0 Å². The van der Waals surface area contributed by atoms with Crippen molar-refractivity contribution in [2.24, 2.45) is 0 Å². The zero-order valence-corrected chi connectivity index (χ0v) is 13.8. The smallest absolute Gasteiger partial charge is 0.165 e. The molecule has 0 atom stereocenters. The summed E-state index contributed by atoms with van der Waals surface area (Å²) in [5.74, 6) is 0.680. The van der Waals surface area contributed by atoms with Crippen LogP contribution in [0.25, 0.3) is 0 Å². The van der Waals surface area contributed by atoms with Crippen LogP contribution in [0, 0.1) is 0 Å². The molecule has 0 aromatic heterocycles. The molecule has 2 nitrogen and oxygen atoms in total. The second-order valence-electron chi connectivity index (χ2n) is 4.53. The van der Waals surface area contributed by atoms with Crippen LogP contribution >= 0.6 is 34.8 Å². The van der Waals surface area contributed by atoms with Gasteiger partial charge in [-0.1, -0.05) is 49.4 Å². The molecule has 1 rings (SSSR count). The largest absolute Gasteiger partial charge is 0.492 e. The highest BCUT2D eigenvalue weighted by molar-refractivity contribution is 6.37. The molecule has 1 aromatic rings. The summed E-state index contributed by atoms with van der Waals surface area (Å²) >= 11 is 17.8. The molecule has 20 heavy (non-hydrogen) atoms. The average molecular weight is 338 g/mol. The van der Waals surface area contributed by atoms with Gasteiger partial charge in [0.2, 0.25) is 0 Å². The molecular formula is C15H19Cl3O2. The summed E-state index contributed by atoms with van der Waals surface area (Å²) < 4.78 is 5.61. The van der Waals surface area contributed by atoms with E-state index in [0.29, 0.717) is 28.0 Å². The van der Waals surface area contributed by atoms with E-state index in [-0.39, 0.29) is 18.1 Å². The van der Waals surface area contributed by atoms with Gasteiger partial charge in [0.25, 0.3) is 0 Å². The van der Waals surface area contributed by atoms with E-state index in [0.717, 1.165) is 12.8 Å². The van der Waals surface area contributed by atoms with Gasteiger partial charge in [0.05, 0.1) is 16.7 Å². The number of benzene rings is 1. The third kappa shape index (κ3) is 5.51. The zero-order chi connectivity index (χ0) is 15.0. The number of unbranched alkanes of at least 4 members (excludes halogenated alkanes) is 3. The van der Waals surface area contributed by atoms with Gasteiger partial charge in [-0.3, -0.25) is 4.79 Å². The van der Waals surface area contributed by atoms with Crippen molar-refractivity contribution < 1.29 is 9.53 Å². The van der Waals surface area contributed by atoms with Crippen molar-refractivity contribution in [3.8, 4) is 5.75 Å². The third-order valence-corrected chi connectivity index (χ3v) is 3.70. The summed E-state index contributed by atoms with van der Waals surface area (Å²) in [5.41, 5.74) is 0.399. The van der Waals surface area contributed by atoms with Gasteiger partial charge in [-0.05, 0) is 12.5 Å². The molecule has 0 aliphatic carbocycles. The maximum atomic E-state index is 11.8. The normalized spacial score (nSPS) is 10.6. The van der Waals surface area contributed by atoms with Gasteiger partial charge in [-0.25, -0.2) is 0 Å². The van der Waals surface area contributed by atoms with Crippen LogP contribution in [0.2, 0.25) is 10.0 Å². The van der Waals surface area contributed by atoms with E-state index in [1.54, 1.807) is 12.1 Å². The van der Waals surface area contributed by atoms with Gasteiger partial charge in [-0.15, -0.1) is 11.6 Å². The van der Waals surface area contributed by atoms with Crippen LogP contribution in [-0.2, 0) is 0 Å². The van der Waals surface area contributed by atoms with Gasteiger partial charge in [0.15, 0.2) is 5.78 Å². The zero-order valence-electron chi connectivity index (χ0n) is 11.6. The summed E-state index contributed by atoms with van der Waals surface area (Å²) in [5, 5.41) is 0.760. The molecule has 0 bridgehead atoms. The first-order chi connectivity index (χ1) is 9.60. The maximum absolute atomic E-state index is 11.8. The summed E-state index contributed by atoms with van der Waals surface area (Å²) in [4.78, 5) is 11.8. The second-order valence-corrected chi connectivity index (χ2v) is 5.73. The Bertz CT molecular complexity index is 447. The molecule has 0 saturated heterocycles. The number of carbonyl (C=O) groups is 1. The SMILES string of the molecule is CCCCCCOc1cc(Cl)c(C(=O)CCCl)cc1Cl. The van der Waals surface area contributed by atoms with E-state index in [1.807, 2.05) is 0 Å².